The number of hydrogen-bond acceptors (Lipinski definition) is 4. The maximum absolute atomic E-state index is 13.4. The van der Waals surface area contributed by atoms with Gasteiger partial charge in [-0.1, -0.05) is 36.4 Å². The molecule has 0 saturated heterocycles. The van der Waals surface area contributed by atoms with Crippen LogP contribution in [0.5, 0.6) is 0 Å². The van der Waals surface area contributed by atoms with Crippen molar-refractivity contribution in [3.05, 3.63) is 94.6 Å². The molecule has 7 heteroatoms. The predicted molar refractivity (Wildman–Crippen MR) is 114 cm³/mol. The number of carbonyl (C=O) groups is 1. The first-order chi connectivity index (χ1) is 14.5. The fourth-order valence-electron chi connectivity index (χ4n) is 3.58. The van der Waals surface area contributed by atoms with E-state index in [9.17, 15) is 4.79 Å². The van der Waals surface area contributed by atoms with Gasteiger partial charge >= 0.3 is 0 Å². The van der Waals surface area contributed by atoms with Crippen LogP contribution in [0.15, 0.2) is 60.8 Å². The van der Waals surface area contributed by atoms with Gasteiger partial charge in [-0.2, -0.15) is 20.5 Å². The zero-order valence-electron chi connectivity index (χ0n) is 17.3. The van der Waals surface area contributed by atoms with Crippen molar-refractivity contribution in [2.45, 2.75) is 33.9 Å². The standard InChI is InChI=1S/C23H24N6O/c1-16-9-17(2)11-21(10-16)29-18(3)12-22(26-29)23(30)28(15-20-13-24-27-25-20)14-19-7-5-4-6-8-19/h4-13H,14-15H2,1-3H3,(H,24,25,27). The molecule has 2 heterocycles. The first-order valence-corrected chi connectivity index (χ1v) is 9.83. The van der Waals surface area contributed by atoms with Gasteiger partial charge in [0, 0.05) is 12.2 Å². The van der Waals surface area contributed by atoms with E-state index in [0.717, 1.165) is 28.1 Å². The van der Waals surface area contributed by atoms with E-state index in [-0.39, 0.29) is 5.91 Å². The molecule has 0 spiro atoms. The van der Waals surface area contributed by atoms with Crippen LogP contribution in [0.3, 0.4) is 0 Å². The fraction of sp³-hybridized carbons (Fsp3) is 0.217. The third-order valence-corrected chi connectivity index (χ3v) is 4.88. The first-order valence-electron chi connectivity index (χ1n) is 9.83. The highest BCUT2D eigenvalue weighted by atomic mass is 16.2. The third kappa shape index (κ3) is 4.30. The predicted octanol–water partition coefficient (Wildman–Crippen LogP) is 3.76. The minimum Gasteiger partial charge on any atom is -0.327 e. The van der Waals surface area contributed by atoms with Crippen LogP contribution in [0.25, 0.3) is 5.69 Å². The van der Waals surface area contributed by atoms with E-state index in [1.165, 1.54) is 0 Å². The Hall–Kier alpha value is -3.74. The third-order valence-electron chi connectivity index (χ3n) is 4.88. The number of aryl methyl sites for hydroxylation is 3. The maximum Gasteiger partial charge on any atom is 0.275 e. The van der Waals surface area contributed by atoms with Crippen molar-refractivity contribution in [2.75, 3.05) is 0 Å². The number of H-pyrrole nitrogens is 1. The van der Waals surface area contributed by atoms with Gasteiger partial charge in [-0.05, 0) is 55.7 Å². The molecule has 1 N–H and O–H groups in total. The van der Waals surface area contributed by atoms with Crippen molar-refractivity contribution in [2.24, 2.45) is 0 Å². The Balaban J connectivity index is 1.65. The van der Waals surface area contributed by atoms with Crippen molar-refractivity contribution in [1.29, 1.82) is 0 Å². The smallest absolute Gasteiger partial charge is 0.275 e. The highest BCUT2D eigenvalue weighted by Crippen LogP contribution is 2.18. The van der Waals surface area contributed by atoms with Gasteiger partial charge in [-0.25, -0.2) is 4.68 Å². The van der Waals surface area contributed by atoms with Crippen LogP contribution in [-0.4, -0.2) is 36.0 Å². The molecule has 1 amide bonds. The van der Waals surface area contributed by atoms with Crippen molar-refractivity contribution < 1.29 is 4.79 Å². The van der Waals surface area contributed by atoms with E-state index in [4.69, 9.17) is 0 Å². The minimum absolute atomic E-state index is 0.145. The van der Waals surface area contributed by atoms with Crippen LogP contribution >= 0.6 is 0 Å². The number of carbonyl (C=O) groups excluding carboxylic acids is 1. The lowest BCUT2D eigenvalue weighted by molar-refractivity contribution is 0.0721. The minimum atomic E-state index is -0.145. The molecule has 152 valence electrons. The molecule has 0 aliphatic heterocycles. The zero-order chi connectivity index (χ0) is 21.1. The molecule has 0 radical (unpaired) electrons. The molecule has 0 unspecified atom stereocenters. The van der Waals surface area contributed by atoms with Gasteiger partial charge in [0.1, 0.15) is 5.69 Å². The molecule has 0 aliphatic rings. The number of aromatic amines is 1. The van der Waals surface area contributed by atoms with Gasteiger partial charge in [-0.3, -0.25) is 4.79 Å². The number of rotatable bonds is 6. The number of aromatic nitrogens is 5. The van der Waals surface area contributed by atoms with Crippen molar-refractivity contribution in [1.82, 2.24) is 30.1 Å². The van der Waals surface area contributed by atoms with Gasteiger partial charge in [0.25, 0.3) is 5.91 Å². The number of nitrogens with one attached hydrogen (secondary N) is 1. The maximum atomic E-state index is 13.4. The van der Waals surface area contributed by atoms with Crippen LogP contribution in [0.2, 0.25) is 0 Å². The van der Waals surface area contributed by atoms with E-state index in [0.29, 0.717) is 24.5 Å². The molecule has 4 aromatic rings. The lowest BCUT2D eigenvalue weighted by Gasteiger charge is -2.20. The van der Waals surface area contributed by atoms with Crippen LogP contribution in [-0.2, 0) is 13.1 Å². The summed E-state index contributed by atoms with van der Waals surface area (Å²) in [4.78, 5) is 15.1. The van der Waals surface area contributed by atoms with E-state index in [2.05, 4.69) is 52.6 Å². The second-order valence-electron chi connectivity index (χ2n) is 7.54. The fourth-order valence-corrected chi connectivity index (χ4v) is 3.58. The molecule has 0 fully saturated rings. The van der Waals surface area contributed by atoms with Gasteiger partial charge in [0.15, 0.2) is 5.69 Å². The highest BCUT2D eigenvalue weighted by Gasteiger charge is 2.22. The summed E-state index contributed by atoms with van der Waals surface area (Å²) in [6.07, 6.45) is 1.63. The summed E-state index contributed by atoms with van der Waals surface area (Å²) in [5.74, 6) is -0.145. The molecule has 30 heavy (non-hydrogen) atoms. The number of hydrogen-bond donors (Lipinski definition) is 1. The summed E-state index contributed by atoms with van der Waals surface area (Å²) in [6, 6.07) is 18.0. The monoisotopic (exact) mass is 400 g/mol. The molecule has 2 aromatic carbocycles. The molecule has 2 aromatic heterocycles. The second-order valence-corrected chi connectivity index (χ2v) is 7.54. The van der Waals surface area contributed by atoms with E-state index >= 15 is 0 Å². The highest BCUT2D eigenvalue weighted by molar-refractivity contribution is 5.92. The van der Waals surface area contributed by atoms with Crippen molar-refractivity contribution in [3.8, 4) is 5.69 Å². The molecule has 0 aliphatic carbocycles. The average molecular weight is 400 g/mol. The van der Waals surface area contributed by atoms with Gasteiger partial charge in [0.2, 0.25) is 0 Å². The van der Waals surface area contributed by atoms with E-state index in [1.807, 2.05) is 48.0 Å². The Morgan fingerprint density at radius 3 is 2.40 bits per heavy atom. The molecule has 0 bridgehead atoms. The molecule has 7 nitrogen and oxygen atoms in total. The van der Waals surface area contributed by atoms with Gasteiger partial charge in [0.05, 0.1) is 18.4 Å². The topological polar surface area (TPSA) is 79.7 Å². The Bertz CT molecular complexity index is 1130. The quantitative estimate of drug-likeness (QED) is 0.534. The first kappa shape index (κ1) is 19.6. The van der Waals surface area contributed by atoms with Crippen LogP contribution < -0.4 is 0 Å². The molecule has 0 saturated carbocycles. The SMILES string of the molecule is Cc1cc(C)cc(-n2nc(C(=O)N(Cc3ccccc3)Cc3cn[nH]n3)cc2C)c1. The Labute approximate surface area is 175 Å². The summed E-state index contributed by atoms with van der Waals surface area (Å²) in [5, 5.41) is 15.2. The second kappa shape index (κ2) is 8.32. The number of nitrogens with zero attached hydrogens (tertiary/aromatic N) is 5. The lowest BCUT2D eigenvalue weighted by Crippen LogP contribution is -2.30. The molecule has 4 rings (SSSR count). The molecular formula is C23H24N6O. The zero-order valence-corrected chi connectivity index (χ0v) is 17.3. The summed E-state index contributed by atoms with van der Waals surface area (Å²) in [6.45, 7) is 6.88. The lowest BCUT2D eigenvalue weighted by atomic mass is 10.1. The Morgan fingerprint density at radius 1 is 1.00 bits per heavy atom. The van der Waals surface area contributed by atoms with Crippen LogP contribution in [0.4, 0.5) is 0 Å². The summed E-state index contributed by atoms with van der Waals surface area (Å²) >= 11 is 0. The average Bonchev–Trinajstić information content (AvgIpc) is 3.36. The normalized spacial score (nSPS) is 10.9. The van der Waals surface area contributed by atoms with Gasteiger partial charge < -0.3 is 4.90 Å². The molecule has 0 atom stereocenters. The summed E-state index contributed by atoms with van der Waals surface area (Å²) in [5.41, 5.74) is 6.32. The number of benzene rings is 2. The Kier molecular flexibility index (Phi) is 5.43. The van der Waals surface area contributed by atoms with Gasteiger partial charge in [-0.15, -0.1) is 0 Å². The Morgan fingerprint density at radius 2 is 1.73 bits per heavy atom. The van der Waals surface area contributed by atoms with Crippen LogP contribution in [0, 0.1) is 20.8 Å². The summed E-state index contributed by atoms with van der Waals surface area (Å²) in [7, 11) is 0. The summed E-state index contributed by atoms with van der Waals surface area (Å²) < 4.78 is 1.82. The van der Waals surface area contributed by atoms with Crippen LogP contribution in [0.1, 0.15) is 38.6 Å². The van der Waals surface area contributed by atoms with E-state index < -0.39 is 0 Å². The van der Waals surface area contributed by atoms with Crippen molar-refractivity contribution >= 4 is 5.91 Å². The van der Waals surface area contributed by atoms with E-state index in [1.54, 1.807) is 11.1 Å². The molecular weight excluding hydrogens is 376 g/mol. The largest absolute Gasteiger partial charge is 0.327 e. The van der Waals surface area contributed by atoms with Crippen molar-refractivity contribution in [3.63, 3.8) is 0 Å². The number of amides is 1.